The lowest BCUT2D eigenvalue weighted by atomic mass is 9.63. The van der Waals surface area contributed by atoms with E-state index in [4.69, 9.17) is 10.6 Å². The van der Waals surface area contributed by atoms with Crippen LogP contribution < -0.4 is 5.84 Å². The summed E-state index contributed by atoms with van der Waals surface area (Å²) in [6, 6.07) is 18.3. The van der Waals surface area contributed by atoms with Crippen molar-refractivity contribution in [2.24, 2.45) is 10.9 Å². The Morgan fingerprint density at radius 3 is 1.94 bits per heavy atom. The van der Waals surface area contributed by atoms with Crippen molar-refractivity contribution in [3.05, 3.63) is 82.4 Å². The summed E-state index contributed by atoms with van der Waals surface area (Å²) in [6.07, 6.45) is 2.34. The summed E-state index contributed by atoms with van der Waals surface area (Å²) in [6.45, 7) is 9.28. The third-order valence-corrected chi connectivity index (χ3v) is 6.79. The molecule has 2 N–H and O–H groups in total. The van der Waals surface area contributed by atoms with E-state index in [9.17, 15) is 4.79 Å². The van der Waals surface area contributed by atoms with E-state index in [-0.39, 0.29) is 16.8 Å². The van der Waals surface area contributed by atoms with E-state index in [1.807, 2.05) is 24.3 Å². The molecule has 0 atom stereocenters. The van der Waals surface area contributed by atoms with Crippen LogP contribution in [0.25, 0.3) is 10.8 Å². The van der Waals surface area contributed by atoms with Crippen LogP contribution in [0.15, 0.2) is 59.7 Å². The third kappa shape index (κ3) is 3.71. The summed E-state index contributed by atoms with van der Waals surface area (Å²) in [7, 11) is 1.39. The lowest BCUT2D eigenvalue weighted by Gasteiger charge is -2.42. The largest absolute Gasteiger partial charge is 0.465 e. The van der Waals surface area contributed by atoms with Crippen LogP contribution in [0.1, 0.15) is 73.1 Å². The zero-order chi connectivity index (χ0) is 22.4. The molecule has 0 saturated carbocycles. The van der Waals surface area contributed by atoms with E-state index in [0.717, 1.165) is 34.0 Å². The van der Waals surface area contributed by atoms with Gasteiger partial charge in [0.15, 0.2) is 0 Å². The van der Waals surface area contributed by atoms with Gasteiger partial charge in [0, 0.05) is 11.1 Å². The van der Waals surface area contributed by atoms with Crippen LogP contribution in [0, 0.1) is 0 Å². The molecule has 3 aromatic rings. The molecule has 0 fully saturated rings. The van der Waals surface area contributed by atoms with E-state index in [0.29, 0.717) is 5.56 Å². The van der Waals surface area contributed by atoms with Crippen LogP contribution in [-0.4, -0.2) is 18.8 Å². The molecule has 1 aliphatic carbocycles. The third-order valence-electron chi connectivity index (χ3n) is 6.79. The number of ether oxygens (including phenoxy) is 1. The van der Waals surface area contributed by atoms with Gasteiger partial charge in [-0.2, -0.15) is 5.10 Å². The highest BCUT2D eigenvalue weighted by molar-refractivity contribution is 6.14. The van der Waals surface area contributed by atoms with Crippen molar-refractivity contribution in [3.8, 4) is 0 Å². The molecule has 0 heterocycles. The fourth-order valence-corrected chi connectivity index (χ4v) is 4.69. The first-order valence-corrected chi connectivity index (χ1v) is 10.7. The number of nitrogens with zero attached hydrogens (tertiary/aromatic N) is 1. The molecule has 0 amide bonds. The first kappa shape index (κ1) is 21.1. The lowest BCUT2D eigenvalue weighted by Crippen LogP contribution is -2.34. The predicted molar refractivity (Wildman–Crippen MR) is 127 cm³/mol. The number of nitrogens with two attached hydrogens (primary N) is 1. The minimum Gasteiger partial charge on any atom is -0.465 e. The number of methoxy groups -OCH3 is 1. The number of hydrazone groups is 1. The number of carbonyl (C=O) groups excluding carboxylic acids is 1. The fraction of sp³-hybridized carbons (Fsp3) is 0.333. The van der Waals surface area contributed by atoms with Gasteiger partial charge in [0.05, 0.1) is 18.4 Å². The molecule has 0 radical (unpaired) electrons. The van der Waals surface area contributed by atoms with Crippen molar-refractivity contribution in [3.63, 3.8) is 0 Å². The molecule has 4 nitrogen and oxygen atoms in total. The predicted octanol–water partition coefficient (Wildman–Crippen LogP) is 5.69. The number of fused-ring (bicyclic) bond motifs is 2. The molecular weight excluding hydrogens is 384 g/mol. The quantitative estimate of drug-likeness (QED) is 0.259. The van der Waals surface area contributed by atoms with Crippen molar-refractivity contribution in [1.29, 1.82) is 0 Å². The normalized spacial score (nSPS) is 17.3. The topological polar surface area (TPSA) is 64.7 Å². The number of hydrogen-bond acceptors (Lipinski definition) is 4. The summed E-state index contributed by atoms with van der Waals surface area (Å²) in [4.78, 5) is 11.8. The van der Waals surface area contributed by atoms with Gasteiger partial charge in [-0.15, -0.1) is 0 Å². The van der Waals surface area contributed by atoms with Crippen molar-refractivity contribution < 1.29 is 9.53 Å². The van der Waals surface area contributed by atoms with Gasteiger partial charge in [0.2, 0.25) is 0 Å². The molecule has 4 rings (SSSR count). The second-order valence-corrected chi connectivity index (χ2v) is 9.77. The Hall–Kier alpha value is -3.14. The Kier molecular flexibility index (Phi) is 5.12. The maximum atomic E-state index is 11.8. The SMILES string of the molecule is COC(=O)c1ccc2cc(/C(=N\N)c3ccc4c(c3)C(C)(C)CCC4(C)C)ccc2c1. The summed E-state index contributed by atoms with van der Waals surface area (Å²) in [5.74, 6) is 5.55. The first-order chi connectivity index (χ1) is 14.7. The second kappa shape index (κ2) is 7.52. The summed E-state index contributed by atoms with van der Waals surface area (Å²) < 4.78 is 4.82. The molecule has 1 aliphatic rings. The molecule has 31 heavy (non-hydrogen) atoms. The average Bonchev–Trinajstić information content (AvgIpc) is 2.76. The maximum Gasteiger partial charge on any atom is 0.337 e. The summed E-state index contributed by atoms with van der Waals surface area (Å²) in [5, 5.41) is 6.16. The van der Waals surface area contributed by atoms with Crippen molar-refractivity contribution >= 4 is 22.5 Å². The molecule has 3 aromatic carbocycles. The average molecular weight is 415 g/mol. The summed E-state index contributed by atoms with van der Waals surface area (Å²) in [5.41, 5.74) is 6.36. The van der Waals surface area contributed by atoms with Crippen LogP contribution in [0.5, 0.6) is 0 Å². The van der Waals surface area contributed by atoms with E-state index < -0.39 is 0 Å². The zero-order valence-electron chi connectivity index (χ0n) is 19.0. The van der Waals surface area contributed by atoms with Crippen LogP contribution in [0.3, 0.4) is 0 Å². The zero-order valence-corrected chi connectivity index (χ0v) is 19.0. The number of rotatable bonds is 3. The molecule has 0 bridgehead atoms. The number of esters is 1. The van der Waals surface area contributed by atoms with E-state index >= 15 is 0 Å². The van der Waals surface area contributed by atoms with Gasteiger partial charge < -0.3 is 10.6 Å². The van der Waals surface area contributed by atoms with Crippen LogP contribution >= 0.6 is 0 Å². The minimum atomic E-state index is -0.338. The Morgan fingerprint density at radius 1 is 0.806 bits per heavy atom. The Labute approximate surface area is 184 Å². The molecule has 0 aromatic heterocycles. The van der Waals surface area contributed by atoms with Gasteiger partial charge in [-0.05, 0) is 69.8 Å². The highest BCUT2D eigenvalue weighted by Gasteiger charge is 2.37. The van der Waals surface area contributed by atoms with Gasteiger partial charge in [-0.25, -0.2) is 4.79 Å². The molecule has 0 unspecified atom stereocenters. The number of carbonyl (C=O) groups is 1. The number of hydrogen-bond donors (Lipinski definition) is 1. The Bertz CT molecular complexity index is 1210. The smallest absolute Gasteiger partial charge is 0.337 e. The highest BCUT2D eigenvalue weighted by atomic mass is 16.5. The minimum absolute atomic E-state index is 0.119. The molecule has 0 spiro atoms. The van der Waals surface area contributed by atoms with Crippen LogP contribution in [0.2, 0.25) is 0 Å². The standard InChI is InChI=1S/C27H30N2O2/c1-26(2)12-13-27(3,4)23-16-20(10-11-22(23)26)24(29-28)19-8-6-18-15-21(25(30)31-5)9-7-17(18)14-19/h6-11,14-16H,12-13,28H2,1-5H3/b29-24+. The van der Waals surface area contributed by atoms with Gasteiger partial charge >= 0.3 is 5.97 Å². The molecule has 160 valence electrons. The monoisotopic (exact) mass is 414 g/mol. The highest BCUT2D eigenvalue weighted by Crippen LogP contribution is 2.46. The first-order valence-electron chi connectivity index (χ1n) is 10.7. The van der Waals surface area contributed by atoms with E-state index in [1.54, 1.807) is 6.07 Å². The van der Waals surface area contributed by atoms with Crippen LogP contribution in [0.4, 0.5) is 0 Å². The second-order valence-electron chi connectivity index (χ2n) is 9.77. The lowest BCUT2D eigenvalue weighted by molar-refractivity contribution is 0.0601. The summed E-state index contributed by atoms with van der Waals surface area (Å²) >= 11 is 0. The van der Waals surface area contributed by atoms with Gasteiger partial charge in [0.1, 0.15) is 0 Å². The molecule has 4 heteroatoms. The number of benzene rings is 3. The van der Waals surface area contributed by atoms with Crippen molar-refractivity contribution in [2.45, 2.75) is 51.4 Å². The van der Waals surface area contributed by atoms with E-state index in [2.05, 4.69) is 57.1 Å². The van der Waals surface area contributed by atoms with Crippen LogP contribution in [-0.2, 0) is 15.6 Å². The maximum absolute atomic E-state index is 11.8. The Morgan fingerprint density at radius 2 is 1.32 bits per heavy atom. The molecule has 0 saturated heterocycles. The van der Waals surface area contributed by atoms with Gasteiger partial charge in [-0.1, -0.05) is 58.0 Å². The van der Waals surface area contributed by atoms with Gasteiger partial charge in [0.25, 0.3) is 0 Å². The van der Waals surface area contributed by atoms with Crippen molar-refractivity contribution in [2.75, 3.05) is 7.11 Å². The molecule has 0 aliphatic heterocycles. The fourth-order valence-electron chi connectivity index (χ4n) is 4.69. The van der Waals surface area contributed by atoms with Crippen molar-refractivity contribution in [1.82, 2.24) is 0 Å². The van der Waals surface area contributed by atoms with E-state index in [1.165, 1.54) is 24.7 Å². The van der Waals surface area contributed by atoms with Gasteiger partial charge in [-0.3, -0.25) is 0 Å². The molecular formula is C27H30N2O2. The Balaban J connectivity index is 1.78.